The fourth-order valence-corrected chi connectivity index (χ4v) is 8.57. The molecule has 0 spiro atoms. The van der Waals surface area contributed by atoms with E-state index in [1.54, 1.807) is 0 Å². The summed E-state index contributed by atoms with van der Waals surface area (Å²) in [5.74, 6) is 0. The van der Waals surface area contributed by atoms with E-state index in [1.165, 1.54) is 72.8 Å². The predicted molar refractivity (Wildman–Crippen MR) is 196 cm³/mol. The van der Waals surface area contributed by atoms with Crippen molar-refractivity contribution in [1.82, 2.24) is 4.57 Å². The van der Waals surface area contributed by atoms with Gasteiger partial charge < -0.3 is 14.8 Å². The largest absolute Gasteiger partial charge is 0.321 e. The minimum absolute atomic E-state index is 0.0447. The summed E-state index contributed by atoms with van der Waals surface area (Å²) in [4.78, 5) is 8.31. The van der Waals surface area contributed by atoms with Gasteiger partial charge in [-0.1, -0.05) is 103 Å². The molecule has 4 heteroatoms. The second-order valence-corrected chi connectivity index (χ2v) is 13.4. The first-order valence-corrected chi connectivity index (χ1v) is 17.4. The van der Waals surface area contributed by atoms with Crippen LogP contribution in [-0.4, -0.2) is 10.7 Å². The second kappa shape index (κ2) is 11.1. The summed E-state index contributed by atoms with van der Waals surface area (Å²) < 4.78 is 2.56. The molecule has 5 aromatic rings. The summed E-state index contributed by atoms with van der Waals surface area (Å²) in [5, 5.41) is 4.78. The average molecular weight is 622 g/mol. The highest BCUT2D eigenvalue weighted by atomic mass is 15.3. The topological polar surface area (TPSA) is 37.1 Å². The first-order valence-electron chi connectivity index (χ1n) is 17.4. The highest BCUT2D eigenvalue weighted by molar-refractivity contribution is 6.00. The van der Waals surface area contributed by atoms with Gasteiger partial charge in [0.1, 0.15) is 17.6 Å². The maximum Gasteiger partial charge on any atom is 0.163 e. The van der Waals surface area contributed by atoms with Gasteiger partial charge in [0.05, 0.1) is 11.4 Å². The van der Waals surface area contributed by atoms with E-state index in [4.69, 9.17) is 4.99 Å². The molecule has 232 valence electrons. The van der Waals surface area contributed by atoms with Crippen LogP contribution in [0.5, 0.6) is 0 Å². The summed E-state index contributed by atoms with van der Waals surface area (Å²) >= 11 is 0. The molecule has 0 saturated carbocycles. The fourth-order valence-electron chi connectivity index (χ4n) is 8.57. The summed E-state index contributed by atoms with van der Waals surface area (Å²) in [6.07, 6.45) is 21.5. The van der Waals surface area contributed by atoms with Gasteiger partial charge in [0, 0.05) is 62.1 Å². The van der Waals surface area contributed by atoms with Gasteiger partial charge in [-0.25, -0.2) is 0 Å². The molecule has 2 unspecified atom stereocenters. The Morgan fingerprint density at radius 3 is 2.44 bits per heavy atom. The van der Waals surface area contributed by atoms with Crippen molar-refractivity contribution in [3.05, 3.63) is 166 Å². The number of nitrogens with zero attached hydrogens (tertiary/aromatic N) is 3. The molecular formula is C44H37N4+. The van der Waals surface area contributed by atoms with Crippen molar-refractivity contribution in [2.24, 2.45) is 4.99 Å². The van der Waals surface area contributed by atoms with Crippen molar-refractivity contribution in [3.63, 3.8) is 0 Å². The lowest BCUT2D eigenvalue weighted by molar-refractivity contribution is -0.607. The highest BCUT2D eigenvalue weighted by Crippen LogP contribution is 2.51. The molecule has 2 aliphatic carbocycles. The third-order valence-corrected chi connectivity index (χ3v) is 10.7. The van der Waals surface area contributed by atoms with Crippen LogP contribution in [-0.2, 0) is 6.42 Å². The summed E-state index contributed by atoms with van der Waals surface area (Å²) in [7, 11) is 0. The number of nitrogens with two attached hydrogens (primary N) is 1. The molecule has 0 radical (unpaired) electrons. The van der Waals surface area contributed by atoms with E-state index in [0.29, 0.717) is 0 Å². The zero-order valence-electron chi connectivity index (χ0n) is 26.9. The number of para-hydroxylation sites is 2. The zero-order valence-corrected chi connectivity index (χ0v) is 26.9. The van der Waals surface area contributed by atoms with Crippen LogP contribution in [0.1, 0.15) is 59.7 Å². The maximum absolute atomic E-state index is 5.71. The Morgan fingerprint density at radius 2 is 1.54 bits per heavy atom. The number of quaternary nitrogens is 1. The Balaban J connectivity index is 1.19. The van der Waals surface area contributed by atoms with Gasteiger partial charge in [-0.15, -0.1) is 0 Å². The van der Waals surface area contributed by atoms with Crippen molar-refractivity contribution in [2.75, 3.05) is 4.90 Å². The minimum Gasteiger partial charge on any atom is -0.321 e. The van der Waals surface area contributed by atoms with Crippen molar-refractivity contribution < 1.29 is 5.32 Å². The normalized spacial score (nSPS) is 20.0. The lowest BCUT2D eigenvalue weighted by atomic mass is 9.90. The van der Waals surface area contributed by atoms with E-state index in [9.17, 15) is 0 Å². The highest BCUT2D eigenvalue weighted by Gasteiger charge is 2.37. The number of anilines is 1. The number of allylic oxidation sites excluding steroid dienone is 5. The molecule has 0 saturated heterocycles. The van der Waals surface area contributed by atoms with Crippen LogP contribution in [0.2, 0.25) is 0 Å². The number of rotatable bonds is 3. The monoisotopic (exact) mass is 621 g/mol. The van der Waals surface area contributed by atoms with Crippen LogP contribution in [0.15, 0.2) is 132 Å². The number of benzene rings is 4. The molecule has 0 fully saturated rings. The molecule has 2 atom stereocenters. The minimum atomic E-state index is -0.0447. The molecule has 1 aromatic heterocycles. The number of aromatic nitrogens is 1. The lowest BCUT2D eigenvalue weighted by Gasteiger charge is -2.36. The van der Waals surface area contributed by atoms with Crippen molar-refractivity contribution >= 4 is 35.2 Å². The molecule has 5 aliphatic rings. The molecule has 48 heavy (non-hydrogen) atoms. The van der Waals surface area contributed by atoms with Crippen LogP contribution in [0.4, 0.5) is 11.4 Å². The third kappa shape index (κ3) is 4.22. The third-order valence-electron chi connectivity index (χ3n) is 10.7. The van der Waals surface area contributed by atoms with Gasteiger partial charge in [0.25, 0.3) is 0 Å². The first-order chi connectivity index (χ1) is 23.8. The zero-order chi connectivity index (χ0) is 31.6. The predicted octanol–water partition coefficient (Wildman–Crippen LogP) is 7.78. The van der Waals surface area contributed by atoms with E-state index >= 15 is 0 Å². The standard InChI is InChI=1S/C44H36N4/c1-3-13-29(14-4-1)36-27-25-30-23-24-31-26-28-40(46-43(31)42(30)45-36)48-38-21-11-8-18-34(38)41-33-17-7-10-20-37(33)47(32-15-5-2-6-16-32)44(41)35-19-9-12-22-39(35)48/h1-9,12-19,22-27,36,40,45H,10-11,20-21,28H2/p+1. The molecular weight excluding hydrogens is 585 g/mol. The van der Waals surface area contributed by atoms with Crippen LogP contribution < -0.4 is 20.8 Å². The van der Waals surface area contributed by atoms with Crippen LogP contribution in [0.3, 0.4) is 0 Å². The fraction of sp³-hybridized carbons (Fsp3) is 0.159. The Hall–Kier alpha value is -5.45. The van der Waals surface area contributed by atoms with Gasteiger partial charge in [0.2, 0.25) is 0 Å². The van der Waals surface area contributed by atoms with Crippen molar-refractivity contribution in [1.29, 1.82) is 0 Å². The first kappa shape index (κ1) is 27.6. The van der Waals surface area contributed by atoms with Crippen LogP contribution in [0, 0.1) is 0 Å². The Kier molecular flexibility index (Phi) is 6.38. The summed E-state index contributed by atoms with van der Waals surface area (Å²) in [5.41, 5.74) is 15.7. The number of hydrogen-bond donors (Lipinski definition) is 1. The van der Waals surface area contributed by atoms with Crippen LogP contribution in [0.25, 0.3) is 40.7 Å². The Morgan fingerprint density at radius 1 is 0.750 bits per heavy atom. The van der Waals surface area contributed by atoms with Gasteiger partial charge in [-0.05, 0) is 62.1 Å². The second-order valence-electron chi connectivity index (χ2n) is 13.4. The number of hydrogen-bond acceptors (Lipinski definition) is 2. The van der Waals surface area contributed by atoms with E-state index in [2.05, 4.69) is 154 Å². The van der Waals surface area contributed by atoms with Crippen LogP contribution >= 0.6 is 0 Å². The molecule has 4 nitrogen and oxygen atoms in total. The van der Waals surface area contributed by atoms with Gasteiger partial charge in [0.15, 0.2) is 5.69 Å². The summed E-state index contributed by atoms with van der Waals surface area (Å²) in [6, 6.07) is 35.6. The van der Waals surface area contributed by atoms with E-state index in [1.807, 2.05) is 0 Å². The smallest absolute Gasteiger partial charge is 0.163 e. The van der Waals surface area contributed by atoms with Crippen molar-refractivity contribution in [3.8, 4) is 16.9 Å². The quantitative estimate of drug-likeness (QED) is 0.205. The van der Waals surface area contributed by atoms with Gasteiger partial charge >= 0.3 is 0 Å². The average Bonchev–Trinajstić information content (AvgIpc) is 3.44. The molecule has 0 amide bonds. The van der Waals surface area contributed by atoms with Gasteiger partial charge in [-0.3, -0.25) is 4.99 Å². The molecule has 3 aliphatic heterocycles. The van der Waals surface area contributed by atoms with E-state index < -0.39 is 0 Å². The molecule has 10 rings (SSSR count). The maximum atomic E-state index is 5.71. The Bertz CT molecular complexity index is 2350. The lowest BCUT2D eigenvalue weighted by Crippen LogP contribution is -2.82. The number of fused-ring (bicyclic) bond motifs is 9. The van der Waals surface area contributed by atoms with E-state index in [0.717, 1.165) is 37.5 Å². The Labute approximate surface area is 281 Å². The SMILES string of the molecule is C1=CC2=C(CC1)N(C1CC=c3ccc4c(c3=N1)[NH2+]C(c1ccccc1)C=C4)c1ccccc1-c1c2c2c(n1-c1ccccc1)CCC=C2. The summed E-state index contributed by atoms with van der Waals surface area (Å²) in [6.45, 7) is 0. The molecule has 4 aromatic carbocycles. The molecule has 4 heterocycles. The van der Waals surface area contributed by atoms with Gasteiger partial charge in [-0.2, -0.15) is 0 Å². The van der Waals surface area contributed by atoms with E-state index in [-0.39, 0.29) is 12.2 Å². The molecule has 0 bridgehead atoms. The molecule has 2 N–H and O–H groups in total. The van der Waals surface area contributed by atoms with Crippen molar-refractivity contribution in [2.45, 2.75) is 44.3 Å².